The summed E-state index contributed by atoms with van der Waals surface area (Å²) in [6, 6.07) is 5.11. The van der Waals surface area contributed by atoms with E-state index in [-0.39, 0.29) is 0 Å². The van der Waals surface area contributed by atoms with Crippen LogP contribution in [0.5, 0.6) is 0 Å². The lowest BCUT2D eigenvalue weighted by Crippen LogP contribution is -2.36. The second-order valence-corrected chi connectivity index (χ2v) is 6.49. The number of ether oxygens (including phenoxy) is 1. The molecule has 0 aliphatic rings. The summed E-state index contributed by atoms with van der Waals surface area (Å²) in [6.45, 7) is 4.93. The van der Waals surface area contributed by atoms with Crippen LogP contribution in [0.4, 0.5) is 18.0 Å². The van der Waals surface area contributed by atoms with E-state index in [0.29, 0.717) is 5.56 Å². The van der Waals surface area contributed by atoms with Crippen LogP contribution in [0.2, 0.25) is 0 Å². The first-order valence-corrected chi connectivity index (χ1v) is 7.07. The maximum absolute atomic E-state index is 12.7. The van der Waals surface area contributed by atoms with Crippen molar-refractivity contribution in [3.05, 3.63) is 34.3 Å². The molecule has 1 N–H and O–H groups in total. The van der Waals surface area contributed by atoms with Crippen molar-refractivity contribution in [2.45, 2.75) is 45.0 Å². The topological polar surface area (TPSA) is 38.3 Å². The predicted octanol–water partition coefficient (Wildman–Crippen LogP) is 4.97. The number of hydrogen-bond donors (Lipinski definition) is 1. The van der Waals surface area contributed by atoms with E-state index in [4.69, 9.17) is 4.74 Å². The number of halogens is 4. The van der Waals surface area contributed by atoms with Gasteiger partial charge in [-0.05, 0) is 38.5 Å². The number of amides is 1. The van der Waals surface area contributed by atoms with Gasteiger partial charge >= 0.3 is 12.3 Å². The first kappa shape index (κ1) is 17.8. The highest BCUT2D eigenvalue weighted by Gasteiger charge is 2.34. The molecule has 0 spiro atoms. The van der Waals surface area contributed by atoms with Gasteiger partial charge < -0.3 is 10.1 Å². The van der Waals surface area contributed by atoms with E-state index in [1.165, 1.54) is 12.1 Å². The van der Waals surface area contributed by atoms with E-state index in [2.05, 4.69) is 21.2 Å². The van der Waals surface area contributed by atoms with Crippen LogP contribution < -0.4 is 5.32 Å². The van der Waals surface area contributed by atoms with Crippen LogP contribution in [0.3, 0.4) is 0 Å². The van der Waals surface area contributed by atoms with E-state index in [9.17, 15) is 18.0 Å². The lowest BCUT2D eigenvalue weighted by atomic mass is 10.0. The zero-order chi connectivity index (χ0) is 16.3. The highest BCUT2D eigenvalue weighted by Crippen LogP contribution is 2.30. The maximum Gasteiger partial charge on any atom is 0.408 e. The molecule has 0 saturated carbocycles. The molecule has 3 nitrogen and oxygen atoms in total. The van der Waals surface area contributed by atoms with E-state index in [0.717, 1.165) is 4.47 Å². The van der Waals surface area contributed by atoms with Crippen molar-refractivity contribution in [1.82, 2.24) is 5.32 Å². The van der Waals surface area contributed by atoms with Crippen LogP contribution in [0.1, 0.15) is 38.8 Å². The molecule has 0 saturated heterocycles. The maximum atomic E-state index is 12.7. The number of alkyl halides is 3. The summed E-state index contributed by atoms with van der Waals surface area (Å²) in [5.41, 5.74) is -0.409. The van der Waals surface area contributed by atoms with E-state index < -0.39 is 30.3 Å². The van der Waals surface area contributed by atoms with E-state index >= 15 is 0 Å². The molecule has 0 aromatic heterocycles. The third kappa shape index (κ3) is 7.36. The Hall–Kier alpha value is -1.24. The standard InChI is InChI=1S/C14H17BrF3NO2/c1-13(2,3)21-12(20)19-11(8-14(16,17)18)9-4-6-10(15)7-5-9/h4-7,11H,8H2,1-3H3,(H,19,20)/t11-/m1/s1. The molecule has 0 aliphatic heterocycles. The number of hydrogen-bond acceptors (Lipinski definition) is 2. The molecule has 0 fully saturated rings. The van der Waals surface area contributed by atoms with E-state index in [1.54, 1.807) is 32.9 Å². The largest absolute Gasteiger partial charge is 0.444 e. The first-order chi connectivity index (χ1) is 9.46. The zero-order valence-corrected chi connectivity index (χ0v) is 13.5. The monoisotopic (exact) mass is 367 g/mol. The van der Waals surface area contributed by atoms with E-state index in [1.807, 2.05) is 0 Å². The number of rotatable bonds is 3. The van der Waals surface area contributed by atoms with Crippen LogP contribution in [0, 0.1) is 0 Å². The summed E-state index contributed by atoms with van der Waals surface area (Å²) < 4.78 is 43.7. The SMILES string of the molecule is CC(C)(C)OC(=O)N[C@H](CC(F)(F)F)c1ccc(Br)cc1. The number of nitrogens with one attached hydrogen (secondary N) is 1. The van der Waals surface area contributed by atoms with Crippen molar-refractivity contribution in [2.75, 3.05) is 0 Å². The Bertz CT molecular complexity index is 480. The van der Waals surface area contributed by atoms with Gasteiger partial charge in [0.1, 0.15) is 5.60 Å². The fourth-order valence-electron chi connectivity index (χ4n) is 1.63. The first-order valence-electron chi connectivity index (χ1n) is 6.28. The molecule has 0 radical (unpaired) electrons. The second-order valence-electron chi connectivity index (χ2n) is 5.57. The Labute approximate surface area is 130 Å². The second kappa shape index (κ2) is 6.68. The van der Waals surface area contributed by atoms with Crippen molar-refractivity contribution in [3.63, 3.8) is 0 Å². The molecule has 0 bridgehead atoms. The zero-order valence-electron chi connectivity index (χ0n) is 11.9. The van der Waals surface area contributed by atoms with Crippen molar-refractivity contribution >= 4 is 22.0 Å². The normalized spacial score (nSPS) is 13.7. The molecule has 1 aromatic carbocycles. The highest BCUT2D eigenvalue weighted by atomic mass is 79.9. The predicted molar refractivity (Wildman–Crippen MR) is 76.9 cm³/mol. The third-order valence-electron chi connectivity index (χ3n) is 2.40. The van der Waals surface area contributed by atoms with Gasteiger partial charge in [-0.25, -0.2) is 4.79 Å². The Morgan fingerprint density at radius 1 is 1.24 bits per heavy atom. The van der Waals surface area contributed by atoms with Crippen molar-refractivity contribution in [3.8, 4) is 0 Å². The fraction of sp³-hybridized carbons (Fsp3) is 0.500. The van der Waals surface area contributed by atoms with Crippen LogP contribution in [0.25, 0.3) is 0 Å². The summed E-state index contributed by atoms with van der Waals surface area (Å²) in [4.78, 5) is 11.7. The quantitative estimate of drug-likeness (QED) is 0.818. The summed E-state index contributed by atoms with van der Waals surface area (Å²) >= 11 is 3.21. The average Bonchev–Trinajstić information content (AvgIpc) is 2.24. The van der Waals surface area contributed by atoms with Gasteiger partial charge in [-0.15, -0.1) is 0 Å². The fourth-order valence-corrected chi connectivity index (χ4v) is 1.89. The summed E-state index contributed by atoms with van der Waals surface area (Å²) in [5.74, 6) is 0. The number of carbonyl (C=O) groups excluding carboxylic acids is 1. The minimum absolute atomic E-state index is 0.362. The van der Waals surface area contributed by atoms with Crippen molar-refractivity contribution in [1.29, 1.82) is 0 Å². The van der Waals surface area contributed by atoms with Crippen LogP contribution >= 0.6 is 15.9 Å². The molecule has 7 heteroatoms. The van der Waals surface area contributed by atoms with Crippen LogP contribution in [0.15, 0.2) is 28.7 Å². The van der Waals surface area contributed by atoms with Gasteiger partial charge in [0.2, 0.25) is 0 Å². The molecule has 1 amide bonds. The Balaban J connectivity index is 2.88. The van der Waals surface area contributed by atoms with Gasteiger partial charge in [-0.3, -0.25) is 0 Å². The average molecular weight is 368 g/mol. The minimum atomic E-state index is -4.40. The van der Waals surface area contributed by atoms with Crippen LogP contribution in [-0.2, 0) is 4.74 Å². The molecule has 1 aromatic rings. The summed E-state index contributed by atoms with van der Waals surface area (Å²) in [7, 11) is 0. The Kier molecular flexibility index (Phi) is 5.67. The molecule has 1 rings (SSSR count). The van der Waals surface area contributed by atoms with Gasteiger partial charge in [0.25, 0.3) is 0 Å². The lowest BCUT2D eigenvalue weighted by molar-refractivity contribution is -0.140. The molecule has 21 heavy (non-hydrogen) atoms. The Morgan fingerprint density at radius 2 is 1.76 bits per heavy atom. The molecule has 0 heterocycles. The van der Waals surface area contributed by atoms with Gasteiger partial charge in [-0.2, -0.15) is 13.2 Å². The van der Waals surface area contributed by atoms with Gasteiger partial charge in [0, 0.05) is 4.47 Å². The summed E-state index contributed by atoms with van der Waals surface area (Å²) in [6.07, 6.45) is -6.43. The van der Waals surface area contributed by atoms with Crippen molar-refractivity contribution < 1.29 is 22.7 Å². The molecule has 118 valence electrons. The smallest absolute Gasteiger partial charge is 0.408 e. The number of alkyl carbamates (subject to hydrolysis) is 1. The lowest BCUT2D eigenvalue weighted by Gasteiger charge is -2.24. The third-order valence-corrected chi connectivity index (χ3v) is 2.93. The number of benzene rings is 1. The molecular weight excluding hydrogens is 351 g/mol. The molecule has 0 aliphatic carbocycles. The number of carbonyl (C=O) groups is 1. The van der Waals surface area contributed by atoms with Gasteiger partial charge in [0.05, 0.1) is 12.5 Å². The van der Waals surface area contributed by atoms with Gasteiger partial charge in [-0.1, -0.05) is 28.1 Å². The molecule has 0 unspecified atom stereocenters. The minimum Gasteiger partial charge on any atom is -0.444 e. The summed E-state index contributed by atoms with van der Waals surface area (Å²) in [5, 5.41) is 2.27. The highest BCUT2D eigenvalue weighted by molar-refractivity contribution is 9.10. The Morgan fingerprint density at radius 3 is 2.19 bits per heavy atom. The van der Waals surface area contributed by atoms with Gasteiger partial charge in [0.15, 0.2) is 0 Å². The molecular formula is C14H17BrF3NO2. The molecule has 1 atom stereocenters. The van der Waals surface area contributed by atoms with Crippen LogP contribution in [-0.4, -0.2) is 17.9 Å². The van der Waals surface area contributed by atoms with Crippen molar-refractivity contribution in [2.24, 2.45) is 0 Å².